The molecular weight excluding hydrogens is 250 g/mol. The number of rotatable bonds is 2. The molecule has 0 aliphatic carbocycles. The molecule has 0 amide bonds. The fourth-order valence-corrected chi connectivity index (χ4v) is 2.39. The number of aryl methyl sites for hydroxylation is 2. The van der Waals surface area contributed by atoms with Crippen LogP contribution in [0.1, 0.15) is 17.0 Å². The van der Waals surface area contributed by atoms with Gasteiger partial charge in [0.15, 0.2) is 5.76 Å². The minimum Gasteiger partial charge on any atom is -0.454 e. The molecule has 4 nitrogen and oxygen atoms in total. The van der Waals surface area contributed by atoms with Crippen LogP contribution >= 0.6 is 0 Å². The third kappa shape index (κ3) is 2.03. The monoisotopic (exact) mass is 267 g/mol. The molecule has 1 N–H and O–H groups in total. The maximum absolute atomic E-state index is 5.93. The van der Waals surface area contributed by atoms with Crippen LogP contribution in [-0.4, -0.2) is 17.0 Å². The average Bonchev–Trinajstić information content (AvgIpc) is 2.83. The number of nitrogens with one attached hydrogen (secondary N) is 1. The maximum Gasteiger partial charge on any atom is 0.154 e. The van der Waals surface area contributed by atoms with E-state index in [1.165, 1.54) is 5.56 Å². The van der Waals surface area contributed by atoms with Crippen molar-refractivity contribution in [1.82, 2.24) is 9.97 Å². The summed E-state index contributed by atoms with van der Waals surface area (Å²) in [6.45, 7) is 5.96. The molecule has 0 atom stereocenters. The van der Waals surface area contributed by atoms with Gasteiger partial charge in [-0.25, -0.2) is 9.97 Å². The zero-order valence-corrected chi connectivity index (χ0v) is 12.1. The molecule has 2 heterocycles. The van der Waals surface area contributed by atoms with Gasteiger partial charge in [0.05, 0.1) is 0 Å². The highest BCUT2D eigenvalue weighted by Gasteiger charge is 2.14. The molecule has 0 fully saturated rings. The summed E-state index contributed by atoms with van der Waals surface area (Å²) in [5, 5.41) is 4.20. The van der Waals surface area contributed by atoms with Crippen molar-refractivity contribution in [2.45, 2.75) is 20.8 Å². The zero-order chi connectivity index (χ0) is 14.3. The Bertz CT molecular complexity index is 790. The van der Waals surface area contributed by atoms with Crippen LogP contribution in [0.15, 0.2) is 28.7 Å². The van der Waals surface area contributed by atoms with Crippen molar-refractivity contribution in [3.05, 3.63) is 41.2 Å². The first kappa shape index (κ1) is 12.7. The Balaban J connectivity index is 2.22. The zero-order valence-electron chi connectivity index (χ0n) is 12.1. The summed E-state index contributed by atoms with van der Waals surface area (Å²) in [4.78, 5) is 8.91. The number of hydrogen-bond acceptors (Lipinski definition) is 4. The number of nitrogens with zero attached hydrogens (tertiary/aromatic N) is 2. The second kappa shape index (κ2) is 4.63. The molecule has 3 aromatic rings. The first-order chi connectivity index (χ1) is 9.58. The summed E-state index contributed by atoms with van der Waals surface area (Å²) in [6.07, 6.45) is 0. The number of aromatic nitrogens is 2. The van der Waals surface area contributed by atoms with Crippen molar-refractivity contribution in [2.24, 2.45) is 0 Å². The predicted molar refractivity (Wildman–Crippen MR) is 81.0 cm³/mol. The van der Waals surface area contributed by atoms with E-state index in [2.05, 4.69) is 28.3 Å². The summed E-state index contributed by atoms with van der Waals surface area (Å²) in [7, 11) is 1.86. The summed E-state index contributed by atoms with van der Waals surface area (Å²) in [5.41, 5.74) is 3.94. The van der Waals surface area contributed by atoms with Gasteiger partial charge in [-0.1, -0.05) is 11.6 Å². The second-order valence-electron chi connectivity index (χ2n) is 4.99. The fraction of sp³-hybridized carbons (Fsp3) is 0.250. The number of benzene rings is 1. The Hall–Kier alpha value is -2.36. The summed E-state index contributed by atoms with van der Waals surface area (Å²) >= 11 is 0. The van der Waals surface area contributed by atoms with Crippen molar-refractivity contribution < 1.29 is 4.42 Å². The average molecular weight is 267 g/mol. The van der Waals surface area contributed by atoms with Gasteiger partial charge in [-0.15, -0.1) is 0 Å². The minimum absolute atomic E-state index is 0.728. The molecule has 0 bridgehead atoms. The van der Waals surface area contributed by atoms with Crippen LogP contribution in [-0.2, 0) is 0 Å². The van der Waals surface area contributed by atoms with Gasteiger partial charge in [0, 0.05) is 18.0 Å². The molecule has 0 unspecified atom stereocenters. The van der Waals surface area contributed by atoms with E-state index in [1.807, 2.05) is 39.1 Å². The van der Waals surface area contributed by atoms with Crippen molar-refractivity contribution >= 4 is 16.8 Å². The third-order valence-electron chi connectivity index (χ3n) is 3.40. The van der Waals surface area contributed by atoms with E-state index in [-0.39, 0.29) is 0 Å². The highest BCUT2D eigenvalue weighted by molar-refractivity contribution is 5.83. The number of fused-ring (bicyclic) bond motifs is 1. The van der Waals surface area contributed by atoms with E-state index in [4.69, 9.17) is 4.42 Å². The van der Waals surface area contributed by atoms with Gasteiger partial charge >= 0.3 is 0 Å². The summed E-state index contributed by atoms with van der Waals surface area (Å²) in [6, 6.07) is 8.20. The maximum atomic E-state index is 5.93. The molecule has 0 saturated heterocycles. The Morgan fingerprint density at radius 3 is 2.60 bits per heavy atom. The SMILES string of the molecule is CNc1nc(C)nc(-c2cc3cc(C)ccc3o2)c1C. The van der Waals surface area contributed by atoms with Crippen LogP contribution < -0.4 is 5.32 Å². The van der Waals surface area contributed by atoms with Crippen molar-refractivity contribution in [3.8, 4) is 11.5 Å². The molecule has 1 aromatic carbocycles. The van der Waals surface area contributed by atoms with Gasteiger partial charge < -0.3 is 9.73 Å². The number of furan rings is 1. The Morgan fingerprint density at radius 1 is 1.05 bits per heavy atom. The first-order valence-corrected chi connectivity index (χ1v) is 6.62. The van der Waals surface area contributed by atoms with Crippen LogP contribution in [0.5, 0.6) is 0 Å². The molecule has 102 valence electrons. The van der Waals surface area contributed by atoms with Gasteiger partial charge in [-0.05, 0) is 39.0 Å². The lowest BCUT2D eigenvalue weighted by Crippen LogP contribution is -2.02. The highest BCUT2D eigenvalue weighted by atomic mass is 16.3. The lowest BCUT2D eigenvalue weighted by atomic mass is 10.1. The predicted octanol–water partition coefficient (Wildman–Crippen LogP) is 3.86. The topological polar surface area (TPSA) is 51.0 Å². The fourth-order valence-electron chi connectivity index (χ4n) is 2.39. The Labute approximate surface area is 117 Å². The molecule has 20 heavy (non-hydrogen) atoms. The number of hydrogen-bond donors (Lipinski definition) is 1. The van der Waals surface area contributed by atoms with Crippen LogP contribution in [0.3, 0.4) is 0 Å². The smallest absolute Gasteiger partial charge is 0.154 e. The van der Waals surface area contributed by atoms with Gasteiger partial charge in [-0.3, -0.25) is 0 Å². The molecular formula is C16H17N3O. The number of anilines is 1. The molecule has 2 aromatic heterocycles. The van der Waals surface area contributed by atoms with Crippen LogP contribution in [0.2, 0.25) is 0 Å². The van der Waals surface area contributed by atoms with Crippen LogP contribution in [0.4, 0.5) is 5.82 Å². The van der Waals surface area contributed by atoms with E-state index < -0.39 is 0 Å². The first-order valence-electron chi connectivity index (χ1n) is 6.62. The Kier molecular flexibility index (Phi) is 2.93. The normalized spacial score (nSPS) is 11.0. The van der Waals surface area contributed by atoms with Crippen LogP contribution in [0, 0.1) is 20.8 Å². The van der Waals surface area contributed by atoms with Crippen LogP contribution in [0.25, 0.3) is 22.4 Å². The van der Waals surface area contributed by atoms with E-state index >= 15 is 0 Å². The lowest BCUT2D eigenvalue weighted by Gasteiger charge is -2.08. The van der Waals surface area contributed by atoms with E-state index in [0.29, 0.717) is 0 Å². The second-order valence-corrected chi connectivity index (χ2v) is 4.99. The third-order valence-corrected chi connectivity index (χ3v) is 3.40. The summed E-state index contributed by atoms with van der Waals surface area (Å²) < 4.78 is 5.93. The molecule has 3 rings (SSSR count). The Morgan fingerprint density at radius 2 is 1.85 bits per heavy atom. The van der Waals surface area contributed by atoms with Crippen molar-refractivity contribution in [1.29, 1.82) is 0 Å². The molecule has 0 radical (unpaired) electrons. The highest BCUT2D eigenvalue weighted by Crippen LogP contribution is 2.31. The quantitative estimate of drug-likeness (QED) is 0.766. The summed E-state index contributed by atoms with van der Waals surface area (Å²) in [5.74, 6) is 2.35. The standard InChI is InChI=1S/C16H17N3O/c1-9-5-6-13-12(7-9)8-14(20-13)15-10(2)16(17-4)19-11(3)18-15/h5-8H,1-4H3,(H,17,18,19). The molecule has 0 spiro atoms. The minimum atomic E-state index is 0.728. The van der Waals surface area contributed by atoms with E-state index in [0.717, 1.165) is 39.6 Å². The van der Waals surface area contributed by atoms with Crippen molar-refractivity contribution in [3.63, 3.8) is 0 Å². The van der Waals surface area contributed by atoms with Crippen molar-refractivity contribution in [2.75, 3.05) is 12.4 Å². The molecule has 0 aliphatic heterocycles. The molecule has 0 saturated carbocycles. The van der Waals surface area contributed by atoms with E-state index in [1.54, 1.807) is 0 Å². The van der Waals surface area contributed by atoms with Gasteiger partial charge in [0.2, 0.25) is 0 Å². The largest absolute Gasteiger partial charge is 0.454 e. The van der Waals surface area contributed by atoms with Gasteiger partial charge in [0.1, 0.15) is 22.9 Å². The molecule has 0 aliphatic rings. The van der Waals surface area contributed by atoms with Gasteiger partial charge in [0.25, 0.3) is 0 Å². The molecule has 4 heteroatoms. The lowest BCUT2D eigenvalue weighted by molar-refractivity contribution is 0.627. The van der Waals surface area contributed by atoms with Gasteiger partial charge in [-0.2, -0.15) is 0 Å². The van der Waals surface area contributed by atoms with E-state index in [9.17, 15) is 0 Å².